The summed E-state index contributed by atoms with van der Waals surface area (Å²) in [5.74, 6) is -1.48. The first-order chi connectivity index (χ1) is 9.99. The Kier molecular flexibility index (Phi) is 4.74. The molecule has 6 nitrogen and oxygen atoms in total. The zero-order valence-corrected chi connectivity index (χ0v) is 11.3. The van der Waals surface area contributed by atoms with Crippen LogP contribution in [0.2, 0.25) is 0 Å². The van der Waals surface area contributed by atoms with E-state index in [1.807, 2.05) is 0 Å². The van der Waals surface area contributed by atoms with Crippen LogP contribution in [0.5, 0.6) is 0 Å². The third-order valence-electron chi connectivity index (χ3n) is 3.45. The number of carbonyl (C=O) groups excluding carboxylic acids is 1. The summed E-state index contributed by atoms with van der Waals surface area (Å²) in [7, 11) is 0. The molecule has 0 spiro atoms. The van der Waals surface area contributed by atoms with Crippen LogP contribution in [0.4, 0.5) is 9.18 Å². The van der Waals surface area contributed by atoms with Crippen LogP contribution in [0.25, 0.3) is 0 Å². The molecule has 2 rings (SSSR count). The lowest BCUT2D eigenvalue weighted by atomic mass is 10.1. The number of hydrogen-bond acceptors (Lipinski definition) is 3. The number of nitrogens with one attached hydrogen (secondary N) is 1. The largest absolute Gasteiger partial charge is 0.480 e. The topological polar surface area (TPSA) is 89.9 Å². The van der Waals surface area contributed by atoms with Crippen LogP contribution in [-0.2, 0) is 11.2 Å². The van der Waals surface area contributed by atoms with Gasteiger partial charge in [0.25, 0.3) is 0 Å². The van der Waals surface area contributed by atoms with Gasteiger partial charge in [0.1, 0.15) is 11.9 Å². The maximum absolute atomic E-state index is 13.4. The van der Waals surface area contributed by atoms with Gasteiger partial charge in [0.2, 0.25) is 0 Å². The van der Waals surface area contributed by atoms with E-state index in [1.165, 1.54) is 6.07 Å². The molecule has 1 aliphatic heterocycles. The Hall–Kier alpha value is -2.15. The third-order valence-corrected chi connectivity index (χ3v) is 3.45. The molecule has 1 aliphatic rings. The van der Waals surface area contributed by atoms with Crippen molar-refractivity contribution >= 4 is 12.0 Å². The molecule has 1 aromatic rings. The molecule has 1 saturated heterocycles. The second kappa shape index (κ2) is 6.53. The number of rotatable bonds is 4. The average Bonchev–Trinajstić information content (AvgIpc) is 2.83. The van der Waals surface area contributed by atoms with E-state index < -0.39 is 24.1 Å². The van der Waals surface area contributed by atoms with E-state index in [-0.39, 0.29) is 25.3 Å². The van der Waals surface area contributed by atoms with Crippen molar-refractivity contribution in [3.63, 3.8) is 0 Å². The number of hydrogen-bond donors (Lipinski definition) is 3. The standard InChI is InChI=1S/C14H17FN2O4/c15-11-4-2-1-3-9(11)5-6-16-14(21)17-8-10(18)7-12(17)13(19)20/h1-4,10,12,18H,5-8H2,(H,16,21)(H,19,20)/t10?,12-/m0/s1. The van der Waals surface area contributed by atoms with Gasteiger partial charge in [-0.1, -0.05) is 18.2 Å². The fraction of sp³-hybridized carbons (Fsp3) is 0.429. The molecule has 0 bridgehead atoms. The second-order valence-electron chi connectivity index (χ2n) is 4.97. The molecule has 2 amide bonds. The molecule has 1 aromatic carbocycles. The van der Waals surface area contributed by atoms with Crippen LogP contribution >= 0.6 is 0 Å². The highest BCUT2D eigenvalue weighted by molar-refractivity contribution is 5.83. The number of β-amino-alcohol motifs (C(OH)–C–C–N with tert-alkyl or cyclic N) is 1. The summed E-state index contributed by atoms with van der Waals surface area (Å²) in [6.45, 7) is 0.182. The molecule has 0 aromatic heterocycles. The van der Waals surface area contributed by atoms with E-state index in [9.17, 15) is 19.1 Å². The van der Waals surface area contributed by atoms with Gasteiger partial charge < -0.3 is 20.4 Å². The van der Waals surface area contributed by atoms with Gasteiger partial charge in [0.15, 0.2) is 0 Å². The molecule has 7 heteroatoms. The summed E-state index contributed by atoms with van der Waals surface area (Å²) in [6, 6.07) is 4.68. The number of likely N-dealkylation sites (tertiary alicyclic amines) is 1. The number of urea groups is 1. The second-order valence-corrected chi connectivity index (χ2v) is 4.97. The van der Waals surface area contributed by atoms with Gasteiger partial charge in [-0.3, -0.25) is 0 Å². The van der Waals surface area contributed by atoms with Crippen molar-refractivity contribution in [2.45, 2.75) is 25.0 Å². The van der Waals surface area contributed by atoms with Crippen molar-refractivity contribution < 1.29 is 24.2 Å². The molecule has 1 heterocycles. The summed E-state index contributed by atoms with van der Waals surface area (Å²) < 4.78 is 13.4. The predicted octanol–water partition coefficient (Wildman–Crippen LogP) is 0.598. The molecular formula is C14H17FN2O4. The molecule has 3 N–H and O–H groups in total. The minimum absolute atomic E-state index is 0.0114. The predicted molar refractivity (Wildman–Crippen MR) is 72.3 cm³/mol. The molecule has 1 unspecified atom stereocenters. The number of nitrogens with zero attached hydrogens (tertiary/aromatic N) is 1. The molecule has 2 atom stereocenters. The molecule has 0 radical (unpaired) electrons. The molecule has 0 aliphatic carbocycles. The maximum Gasteiger partial charge on any atom is 0.326 e. The highest BCUT2D eigenvalue weighted by atomic mass is 19.1. The summed E-state index contributed by atoms with van der Waals surface area (Å²) in [6.07, 6.45) is -0.494. The first kappa shape index (κ1) is 15.2. The van der Waals surface area contributed by atoms with Crippen LogP contribution in [0.15, 0.2) is 24.3 Å². The quantitative estimate of drug-likeness (QED) is 0.759. The van der Waals surface area contributed by atoms with Crippen molar-refractivity contribution in [1.82, 2.24) is 10.2 Å². The lowest BCUT2D eigenvalue weighted by Crippen LogP contribution is -2.46. The van der Waals surface area contributed by atoms with Crippen molar-refractivity contribution in [3.05, 3.63) is 35.6 Å². The Morgan fingerprint density at radius 3 is 2.76 bits per heavy atom. The Labute approximate surface area is 121 Å². The summed E-state index contributed by atoms with van der Waals surface area (Å²) >= 11 is 0. The Bertz CT molecular complexity index is 537. The Balaban J connectivity index is 1.87. The molecular weight excluding hydrogens is 279 g/mol. The number of carboxylic acids is 1. The van der Waals surface area contributed by atoms with E-state index in [0.29, 0.717) is 12.0 Å². The molecule has 0 saturated carbocycles. The van der Waals surface area contributed by atoms with Crippen LogP contribution in [0.3, 0.4) is 0 Å². The van der Waals surface area contributed by atoms with Gasteiger partial charge in [-0.05, 0) is 18.1 Å². The SMILES string of the molecule is O=C(O)[C@@H]1CC(O)CN1C(=O)NCCc1ccccc1F. The maximum atomic E-state index is 13.4. The van der Waals surface area contributed by atoms with E-state index in [4.69, 9.17) is 5.11 Å². The first-order valence-corrected chi connectivity index (χ1v) is 6.67. The van der Waals surface area contributed by atoms with Crippen LogP contribution in [-0.4, -0.2) is 52.3 Å². The third kappa shape index (κ3) is 3.69. The van der Waals surface area contributed by atoms with Crippen molar-refractivity contribution in [2.24, 2.45) is 0 Å². The molecule has 114 valence electrons. The van der Waals surface area contributed by atoms with Crippen molar-refractivity contribution in [1.29, 1.82) is 0 Å². The van der Waals surface area contributed by atoms with Gasteiger partial charge in [0.05, 0.1) is 6.10 Å². The highest BCUT2D eigenvalue weighted by Crippen LogP contribution is 2.18. The zero-order valence-electron chi connectivity index (χ0n) is 11.3. The minimum atomic E-state index is -1.14. The number of carboxylic acid groups (broad SMARTS) is 1. The minimum Gasteiger partial charge on any atom is -0.480 e. The number of carbonyl (C=O) groups is 2. The lowest BCUT2D eigenvalue weighted by Gasteiger charge is -2.21. The fourth-order valence-electron chi connectivity index (χ4n) is 2.38. The summed E-state index contributed by atoms with van der Waals surface area (Å²) in [4.78, 5) is 24.0. The van der Waals surface area contributed by atoms with Gasteiger partial charge in [-0.15, -0.1) is 0 Å². The van der Waals surface area contributed by atoms with E-state index in [0.717, 1.165) is 4.90 Å². The lowest BCUT2D eigenvalue weighted by molar-refractivity contribution is -0.141. The number of amides is 2. The van der Waals surface area contributed by atoms with Gasteiger partial charge >= 0.3 is 12.0 Å². The first-order valence-electron chi connectivity index (χ1n) is 6.67. The van der Waals surface area contributed by atoms with Gasteiger partial charge in [-0.2, -0.15) is 0 Å². The monoisotopic (exact) mass is 296 g/mol. The Morgan fingerprint density at radius 1 is 1.38 bits per heavy atom. The van der Waals surface area contributed by atoms with Gasteiger partial charge in [0, 0.05) is 19.5 Å². The fourth-order valence-corrected chi connectivity index (χ4v) is 2.38. The summed E-state index contributed by atoms with van der Waals surface area (Å²) in [5, 5.41) is 21.0. The normalized spacial score (nSPS) is 21.3. The van der Waals surface area contributed by atoms with Crippen LogP contribution in [0.1, 0.15) is 12.0 Å². The number of halogens is 1. The van der Waals surface area contributed by atoms with Crippen molar-refractivity contribution in [2.75, 3.05) is 13.1 Å². The van der Waals surface area contributed by atoms with Crippen LogP contribution in [0, 0.1) is 5.82 Å². The van der Waals surface area contributed by atoms with E-state index >= 15 is 0 Å². The Morgan fingerprint density at radius 2 is 2.10 bits per heavy atom. The number of benzene rings is 1. The highest BCUT2D eigenvalue weighted by Gasteiger charge is 2.38. The van der Waals surface area contributed by atoms with Crippen molar-refractivity contribution in [3.8, 4) is 0 Å². The van der Waals surface area contributed by atoms with E-state index in [2.05, 4.69) is 5.32 Å². The smallest absolute Gasteiger partial charge is 0.326 e. The number of aliphatic hydroxyl groups excluding tert-OH is 1. The molecule has 21 heavy (non-hydrogen) atoms. The van der Waals surface area contributed by atoms with Gasteiger partial charge in [-0.25, -0.2) is 14.0 Å². The number of aliphatic carboxylic acids is 1. The van der Waals surface area contributed by atoms with Crippen LogP contribution < -0.4 is 5.32 Å². The average molecular weight is 296 g/mol. The molecule has 1 fully saturated rings. The summed E-state index contributed by atoms with van der Waals surface area (Å²) in [5.41, 5.74) is 0.481. The zero-order chi connectivity index (χ0) is 15.4. The number of aliphatic hydroxyl groups is 1. The van der Waals surface area contributed by atoms with E-state index in [1.54, 1.807) is 18.2 Å².